The number of H-pyrrole nitrogens is 1. The van der Waals surface area contributed by atoms with Crippen LogP contribution in [0, 0.1) is 6.92 Å². The van der Waals surface area contributed by atoms with Crippen molar-refractivity contribution in [1.29, 1.82) is 0 Å². The zero-order valence-electron chi connectivity index (χ0n) is 15.1. The van der Waals surface area contributed by atoms with Gasteiger partial charge in [-0.15, -0.1) is 0 Å². The lowest BCUT2D eigenvalue weighted by atomic mass is 9.99. The molecule has 0 unspecified atom stereocenters. The Kier molecular flexibility index (Phi) is 4.85. The van der Waals surface area contributed by atoms with Crippen LogP contribution in [0.15, 0.2) is 79.0 Å². The van der Waals surface area contributed by atoms with Gasteiger partial charge in [0.2, 0.25) is 0 Å². The molecule has 0 bridgehead atoms. The lowest BCUT2D eigenvalue weighted by Crippen LogP contribution is -2.12. The van der Waals surface area contributed by atoms with E-state index in [1.54, 1.807) is 0 Å². The summed E-state index contributed by atoms with van der Waals surface area (Å²) in [6, 6.07) is 26.0. The molecule has 0 spiro atoms. The smallest absolute Gasteiger partial charge is 0.0457 e. The van der Waals surface area contributed by atoms with E-state index in [9.17, 15) is 0 Å². The zero-order chi connectivity index (χ0) is 17.8. The fourth-order valence-corrected chi connectivity index (χ4v) is 3.50. The van der Waals surface area contributed by atoms with Crippen LogP contribution in [0.5, 0.6) is 0 Å². The predicted octanol–water partition coefficient (Wildman–Crippen LogP) is 5.36. The van der Waals surface area contributed by atoms with Gasteiger partial charge in [0.1, 0.15) is 0 Å². The molecule has 3 aromatic carbocycles. The van der Waals surface area contributed by atoms with Crippen LogP contribution >= 0.6 is 0 Å². The second-order valence-corrected chi connectivity index (χ2v) is 6.89. The molecule has 130 valence electrons. The van der Waals surface area contributed by atoms with Crippen molar-refractivity contribution >= 4 is 10.9 Å². The summed E-state index contributed by atoms with van der Waals surface area (Å²) >= 11 is 0. The van der Waals surface area contributed by atoms with E-state index in [1.165, 1.54) is 38.7 Å². The number of para-hydroxylation sites is 1. The Bertz CT molecular complexity index is 1010. The van der Waals surface area contributed by atoms with Crippen LogP contribution in [0.2, 0.25) is 0 Å². The zero-order valence-corrected chi connectivity index (χ0v) is 15.1. The monoisotopic (exact) mass is 340 g/mol. The normalized spacial score (nSPS) is 11.1. The summed E-state index contributed by atoms with van der Waals surface area (Å²) in [4.78, 5) is 3.34. The Balaban J connectivity index is 1.40. The molecule has 0 aliphatic rings. The van der Waals surface area contributed by atoms with Gasteiger partial charge < -0.3 is 10.3 Å². The standard InChI is InChI=1S/C24H24N2/c1-18-7-2-3-10-21(18)14-19-8-6-9-20(13-19)15-25-16-22-17-26-24-12-5-4-11-23(22)24/h2-13,17,25-26H,14-16H2,1H3. The molecule has 0 atom stereocenters. The molecule has 0 saturated heterocycles. The number of fused-ring (bicyclic) bond motifs is 1. The van der Waals surface area contributed by atoms with Crippen LogP contribution in [0.25, 0.3) is 10.9 Å². The Morgan fingerprint density at radius 3 is 2.50 bits per heavy atom. The minimum absolute atomic E-state index is 0.867. The van der Waals surface area contributed by atoms with Crippen molar-refractivity contribution in [2.24, 2.45) is 0 Å². The van der Waals surface area contributed by atoms with Gasteiger partial charge in [-0.2, -0.15) is 0 Å². The molecule has 1 aromatic heterocycles. The SMILES string of the molecule is Cc1ccccc1Cc1cccc(CNCc2c[nH]c3ccccc23)c1. The number of rotatable bonds is 6. The number of hydrogen-bond acceptors (Lipinski definition) is 1. The fraction of sp³-hybridized carbons (Fsp3) is 0.167. The third-order valence-corrected chi connectivity index (χ3v) is 4.97. The van der Waals surface area contributed by atoms with Gasteiger partial charge in [-0.3, -0.25) is 0 Å². The van der Waals surface area contributed by atoms with Crippen molar-refractivity contribution in [2.75, 3.05) is 0 Å². The van der Waals surface area contributed by atoms with Gasteiger partial charge in [-0.1, -0.05) is 66.7 Å². The van der Waals surface area contributed by atoms with Crippen LogP contribution in [0.1, 0.15) is 27.8 Å². The first kappa shape index (κ1) is 16.6. The summed E-state index contributed by atoms with van der Waals surface area (Å²) in [5.41, 5.74) is 7.97. The van der Waals surface area contributed by atoms with E-state index in [4.69, 9.17) is 0 Å². The Morgan fingerprint density at radius 1 is 0.769 bits per heavy atom. The van der Waals surface area contributed by atoms with Crippen LogP contribution in [0.4, 0.5) is 0 Å². The van der Waals surface area contributed by atoms with Crippen molar-refractivity contribution < 1.29 is 0 Å². The summed E-state index contributed by atoms with van der Waals surface area (Å²) < 4.78 is 0. The van der Waals surface area contributed by atoms with Gasteiger partial charge in [0.05, 0.1) is 0 Å². The maximum absolute atomic E-state index is 3.58. The average molecular weight is 340 g/mol. The van der Waals surface area contributed by atoms with Gasteiger partial charge in [0, 0.05) is 30.2 Å². The molecule has 0 aliphatic heterocycles. The molecule has 0 amide bonds. The van der Waals surface area contributed by atoms with Crippen molar-refractivity contribution in [2.45, 2.75) is 26.4 Å². The number of aromatic amines is 1. The molecule has 4 rings (SSSR count). The molecule has 2 heteroatoms. The molecule has 2 N–H and O–H groups in total. The Hall–Kier alpha value is -2.84. The van der Waals surface area contributed by atoms with Crippen molar-refractivity contribution in [3.05, 3.63) is 107 Å². The summed E-state index contributed by atoms with van der Waals surface area (Å²) in [6.07, 6.45) is 3.09. The van der Waals surface area contributed by atoms with Gasteiger partial charge in [-0.25, -0.2) is 0 Å². The van der Waals surface area contributed by atoms with Crippen molar-refractivity contribution in [1.82, 2.24) is 10.3 Å². The molecule has 0 fully saturated rings. The summed E-state index contributed by atoms with van der Waals surface area (Å²) in [5, 5.41) is 4.88. The first-order valence-corrected chi connectivity index (χ1v) is 9.17. The maximum atomic E-state index is 3.58. The molecule has 0 aliphatic carbocycles. The number of hydrogen-bond donors (Lipinski definition) is 2. The fourth-order valence-electron chi connectivity index (χ4n) is 3.50. The second kappa shape index (κ2) is 7.59. The molecular weight excluding hydrogens is 316 g/mol. The van der Waals surface area contributed by atoms with E-state index in [-0.39, 0.29) is 0 Å². The molecule has 2 nitrogen and oxygen atoms in total. The van der Waals surface area contributed by atoms with Gasteiger partial charge in [0.25, 0.3) is 0 Å². The number of aromatic nitrogens is 1. The summed E-state index contributed by atoms with van der Waals surface area (Å²) in [5.74, 6) is 0. The van der Waals surface area contributed by atoms with E-state index < -0.39 is 0 Å². The van der Waals surface area contributed by atoms with Gasteiger partial charge in [0.15, 0.2) is 0 Å². The third-order valence-electron chi connectivity index (χ3n) is 4.97. The van der Waals surface area contributed by atoms with Crippen LogP contribution < -0.4 is 5.32 Å². The minimum Gasteiger partial charge on any atom is -0.361 e. The van der Waals surface area contributed by atoms with E-state index in [0.29, 0.717) is 0 Å². The van der Waals surface area contributed by atoms with E-state index in [1.807, 2.05) is 0 Å². The molecule has 0 radical (unpaired) electrons. The highest BCUT2D eigenvalue weighted by Gasteiger charge is 2.04. The summed E-state index contributed by atoms with van der Waals surface area (Å²) in [6.45, 7) is 3.93. The minimum atomic E-state index is 0.867. The highest BCUT2D eigenvalue weighted by molar-refractivity contribution is 5.82. The van der Waals surface area contributed by atoms with Crippen molar-refractivity contribution in [3.63, 3.8) is 0 Å². The van der Waals surface area contributed by atoms with Gasteiger partial charge >= 0.3 is 0 Å². The molecular formula is C24H24N2. The first-order chi connectivity index (χ1) is 12.8. The highest BCUT2D eigenvalue weighted by atomic mass is 14.9. The average Bonchev–Trinajstić information content (AvgIpc) is 3.07. The largest absolute Gasteiger partial charge is 0.361 e. The summed E-state index contributed by atoms with van der Waals surface area (Å²) in [7, 11) is 0. The van der Waals surface area contributed by atoms with Crippen LogP contribution in [-0.2, 0) is 19.5 Å². The predicted molar refractivity (Wildman–Crippen MR) is 109 cm³/mol. The van der Waals surface area contributed by atoms with E-state index in [2.05, 4.69) is 96.2 Å². The molecule has 26 heavy (non-hydrogen) atoms. The topological polar surface area (TPSA) is 27.8 Å². The highest BCUT2D eigenvalue weighted by Crippen LogP contribution is 2.18. The Morgan fingerprint density at radius 2 is 1.58 bits per heavy atom. The van der Waals surface area contributed by atoms with E-state index >= 15 is 0 Å². The molecule has 4 aromatic rings. The Labute approximate surface area is 154 Å². The third kappa shape index (κ3) is 3.71. The van der Waals surface area contributed by atoms with Crippen LogP contribution in [0.3, 0.4) is 0 Å². The first-order valence-electron chi connectivity index (χ1n) is 9.17. The van der Waals surface area contributed by atoms with Crippen molar-refractivity contribution in [3.8, 4) is 0 Å². The molecule has 0 saturated carbocycles. The lowest BCUT2D eigenvalue weighted by molar-refractivity contribution is 0.696. The second-order valence-electron chi connectivity index (χ2n) is 6.89. The van der Waals surface area contributed by atoms with E-state index in [0.717, 1.165) is 19.5 Å². The molecule has 1 heterocycles. The lowest BCUT2D eigenvalue weighted by Gasteiger charge is -2.09. The maximum Gasteiger partial charge on any atom is 0.0457 e. The number of benzene rings is 3. The number of aryl methyl sites for hydroxylation is 1. The van der Waals surface area contributed by atoms with Gasteiger partial charge in [-0.05, 0) is 47.2 Å². The number of nitrogens with one attached hydrogen (secondary N) is 2. The van der Waals surface area contributed by atoms with Crippen LogP contribution in [-0.4, -0.2) is 4.98 Å². The quantitative estimate of drug-likeness (QED) is 0.486.